The van der Waals surface area contributed by atoms with E-state index < -0.39 is 29.9 Å². The summed E-state index contributed by atoms with van der Waals surface area (Å²) in [6.07, 6.45) is 0. The molecule has 0 bridgehead atoms. The zero-order valence-electron chi connectivity index (χ0n) is 9.14. The van der Waals surface area contributed by atoms with Crippen LogP contribution in [0.1, 0.15) is 13.8 Å². The Kier molecular flexibility index (Phi) is 9.03. The number of carbonyl (C=O) groups is 3. The molecule has 0 spiro atoms. The molecule has 16 heavy (non-hydrogen) atoms. The number of hydrogen-bond acceptors (Lipinski definition) is 5. The van der Waals surface area contributed by atoms with Crippen molar-refractivity contribution in [1.82, 2.24) is 5.32 Å². The fraction of sp³-hybridized carbons (Fsp3) is 0.625. The van der Waals surface area contributed by atoms with E-state index in [0.717, 1.165) is 0 Å². The van der Waals surface area contributed by atoms with Gasteiger partial charge in [0.05, 0.1) is 12.6 Å². The van der Waals surface area contributed by atoms with E-state index in [4.69, 9.17) is 15.9 Å². The van der Waals surface area contributed by atoms with E-state index in [1.165, 1.54) is 13.8 Å². The minimum absolute atomic E-state index is 0.278. The molecule has 8 nitrogen and oxygen atoms in total. The molecule has 0 aliphatic heterocycles. The molecule has 0 aromatic carbocycles. The van der Waals surface area contributed by atoms with Crippen LogP contribution in [-0.4, -0.2) is 46.7 Å². The molecule has 0 fully saturated rings. The Labute approximate surface area is 92.6 Å². The lowest BCUT2D eigenvalue weighted by Crippen LogP contribution is -2.45. The third-order valence-corrected chi connectivity index (χ3v) is 1.32. The minimum atomic E-state index is -1.07. The van der Waals surface area contributed by atoms with Gasteiger partial charge < -0.3 is 27.0 Å². The van der Waals surface area contributed by atoms with Gasteiger partial charge in [0, 0.05) is 0 Å². The van der Waals surface area contributed by atoms with Crippen LogP contribution in [0.3, 0.4) is 0 Å². The van der Waals surface area contributed by atoms with Crippen LogP contribution < -0.4 is 16.8 Å². The first-order valence-corrected chi connectivity index (χ1v) is 4.43. The SMILES string of the molecule is CC(N)C(=O)N[C@H](C)C(=O)O.NCC(=O)O. The zero-order chi connectivity index (χ0) is 13.3. The second-order valence-electron chi connectivity index (χ2n) is 2.96. The number of nitrogens with one attached hydrogen (secondary N) is 1. The second-order valence-corrected chi connectivity index (χ2v) is 2.96. The van der Waals surface area contributed by atoms with Gasteiger partial charge in [-0.1, -0.05) is 0 Å². The van der Waals surface area contributed by atoms with Crippen molar-refractivity contribution < 1.29 is 24.6 Å². The Morgan fingerprint density at radius 3 is 1.81 bits per heavy atom. The maximum atomic E-state index is 10.8. The summed E-state index contributed by atoms with van der Waals surface area (Å²) in [5.41, 5.74) is 9.75. The maximum absolute atomic E-state index is 10.8. The first-order valence-electron chi connectivity index (χ1n) is 4.43. The Bertz CT molecular complexity index is 254. The highest BCUT2D eigenvalue weighted by molar-refractivity contribution is 5.86. The fourth-order valence-electron chi connectivity index (χ4n) is 0.407. The average Bonchev–Trinajstić information content (AvgIpc) is 2.18. The molecule has 94 valence electrons. The van der Waals surface area contributed by atoms with Gasteiger partial charge in [0.2, 0.25) is 5.91 Å². The molecular formula is C8H17N3O5. The molecule has 1 unspecified atom stereocenters. The third kappa shape index (κ3) is 10.4. The molecule has 7 N–H and O–H groups in total. The monoisotopic (exact) mass is 235 g/mol. The third-order valence-electron chi connectivity index (χ3n) is 1.32. The molecule has 8 heteroatoms. The van der Waals surface area contributed by atoms with Crippen molar-refractivity contribution in [3.8, 4) is 0 Å². The van der Waals surface area contributed by atoms with E-state index in [9.17, 15) is 14.4 Å². The first kappa shape index (κ1) is 16.7. The molecule has 0 aromatic heterocycles. The lowest BCUT2D eigenvalue weighted by Gasteiger charge is -2.10. The number of hydrogen-bond donors (Lipinski definition) is 5. The molecule has 0 radical (unpaired) electrons. The number of rotatable bonds is 4. The highest BCUT2D eigenvalue weighted by Gasteiger charge is 2.15. The number of carboxylic acid groups (broad SMARTS) is 2. The number of amides is 1. The van der Waals surface area contributed by atoms with Crippen LogP contribution in [0.4, 0.5) is 0 Å². The molecule has 0 aliphatic carbocycles. The van der Waals surface area contributed by atoms with Crippen LogP contribution in [0.15, 0.2) is 0 Å². The van der Waals surface area contributed by atoms with E-state index in [2.05, 4.69) is 11.1 Å². The quantitative estimate of drug-likeness (QED) is 0.375. The smallest absolute Gasteiger partial charge is 0.325 e. The Morgan fingerprint density at radius 2 is 1.62 bits per heavy atom. The number of carbonyl (C=O) groups excluding carboxylic acids is 1. The fourth-order valence-corrected chi connectivity index (χ4v) is 0.407. The molecule has 0 aromatic rings. The van der Waals surface area contributed by atoms with Gasteiger partial charge in [-0.2, -0.15) is 0 Å². The van der Waals surface area contributed by atoms with Gasteiger partial charge in [0.25, 0.3) is 0 Å². The molecule has 1 amide bonds. The zero-order valence-corrected chi connectivity index (χ0v) is 9.14. The van der Waals surface area contributed by atoms with Gasteiger partial charge in [-0.3, -0.25) is 14.4 Å². The Balaban J connectivity index is 0. The molecule has 0 heterocycles. The van der Waals surface area contributed by atoms with Gasteiger partial charge in [-0.25, -0.2) is 0 Å². The van der Waals surface area contributed by atoms with Crippen molar-refractivity contribution in [2.45, 2.75) is 25.9 Å². The summed E-state index contributed by atoms with van der Waals surface area (Å²) in [5.74, 6) is -2.50. The summed E-state index contributed by atoms with van der Waals surface area (Å²) in [6, 6.07) is -1.55. The van der Waals surface area contributed by atoms with E-state index in [-0.39, 0.29) is 6.54 Å². The normalized spacial score (nSPS) is 12.8. The molecule has 0 rings (SSSR count). The summed E-state index contributed by atoms with van der Waals surface area (Å²) < 4.78 is 0. The minimum Gasteiger partial charge on any atom is -0.480 e. The summed E-state index contributed by atoms with van der Waals surface area (Å²) in [4.78, 5) is 30.2. The lowest BCUT2D eigenvalue weighted by atomic mass is 10.3. The summed E-state index contributed by atoms with van der Waals surface area (Å²) in [6.45, 7) is 2.59. The van der Waals surface area contributed by atoms with Crippen molar-refractivity contribution in [2.75, 3.05) is 6.54 Å². The van der Waals surface area contributed by atoms with Gasteiger partial charge in [0.15, 0.2) is 0 Å². The van der Waals surface area contributed by atoms with Crippen molar-refractivity contribution in [3.05, 3.63) is 0 Å². The van der Waals surface area contributed by atoms with E-state index in [1.54, 1.807) is 0 Å². The summed E-state index contributed by atoms with van der Waals surface area (Å²) in [5, 5.41) is 18.2. The molecule has 0 aliphatic rings. The van der Waals surface area contributed by atoms with Crippen LogP contribution in [0.25, 0.3) is 0 Å². The second kappa shape index (κ2) is 8.62. The van der Waals surface area contributed by atoms with Gasteiger partial charge in [-0.05, 0) is 13.8 Å². The van der Waals surface area contributed by atoms with E-state index in [1.807, 2.05) is 0 Å². The van der Waals surface area contributed by atoms with Gasteiger partial charge >= 0.3 is 11.9 Å². The van der Waals surface area contributed by atoms with Crippen LogP contribution in [0.5, 0.6) is 0 Å². The van der Waals surface area contributed by atoms with Crippen molar-refractivity contribution in [1.29, 1.82) is 0 Å². The highest BCUT2D eigenvalue weighted by atomic mass is 16.4. The van der Waals surface area contributed by atoms with Crippen molar-refractivity contribution >= 4 is 17.8 Å². The van der Waals surface area contributed by atoms with Crippen molar-refractivity contribution in [2.24, 2.45) is 11.5 Å². The largest absolute Gasteiger partial charge is 0.480 e. The average molecular weight is 235 g/mol. The van der Waals surface area contributed by atoms with E-state index >= 15 is 0 Å². The summed E-state index contributed by atoms with van der Waals surface area (Å²) >= 11 is 0. The van der Waals surface area contributed by atoms with Crippen molar-refractivity contribution in [3.63, 3.8) is 0 Å². The van der Waals surface area contributed by atoms with Crippen LogP contribution in [0, 0.1) is 0 Å². The Hall–Kier alpha value is -1.67. The molecule has 0 saturated heterocycles. The molecule has 0 saturated carbocycles. The molecule has 2 atom stereocenters. The van der Waals surface area contributed by atoms with Crippen LogP contribution in [0.2, 0.25) is 0 Å². The number of aliphatic carboxylic acids is 2. The van der Waals surface area contributed by atoms with Gasteiger partial charge in [0.1, 0.15) is 6.04 Å². The predicted octanol–water partition coefficient (Wildman–Crippen LogP) is -2.05. The lowest BCUT2D eigenvalue weighted by molar-refractivity contribution is -0.141. The maximum Gasteiger partial charge on any atom is 0.325 e. The Morgan fingerprint density at radius 1 is 1.25 bits per heavy atom. The first-order chi connectivity index (χ1) is 7.22. The van der Waals surface area contributed by atoms with Gasteiger partial charge in [-0.15, -0.1) is 0 Å². The van der Waals surface area contributed by atoms with Crippen LogP contribution >= 0.6 is 0 Å². The summed E-state index contributed by atoms with van der Waals surface area (Å²) in [7, 11) is 0. The topological polar surface area (TPSA) is 156 Å². The number of carboxylic acids is 2. The predicted molar refractivity (Wildman–Crippen MR) is 55.6 cm³/mol. The highest BCUT2D eigenvalue weighted by Crippen LogP contribution is 1.83. The van der Waals surface area contributed by atoms with E-state index in [0.29, 0.717) is 0 Å². The standard InChI is InChI=1S/C6H12N2O3.C2H5NO2/c1-3(7)5(9)8-4(2)6(10)11;3-1-2(4)5/h3-4H,7H2,1-2H3,(H,8,9)(H,10,11);1,3H2,(H,4,5)/t3?,4-;/m1./s1. The van der Waals surface area contributed by atoms with Crippen LogP contribution in [-0.2, 0) is 14.4 Å². The molecular weight excluding hydrogens is 218 g/mol. The number of nitrogens with two attached hydrogens (primary N) is 2.